The zero-order chi connectivity index (χ0) is 10.4. The zero-order valence-corrected chi connectivity index (χ0v) is 10.8. The molecule has 0 N–H and O–H groups in total. The fourth-order valence-corrected chi connectivity index (χ4v) is 4.98. The molecule has 0 aliphatic heterocycles. The van der Waals surface area contributed by atoms with Crippen LogP contribution in [0.2, 0.25) is 0 Å². The molecule has 3 heteroatoms. The number of hydrogen-bond donors (Lipinski definition) is 0. The average molecular weight is 231 g/mol. The van der Waals surface area contributed by atoms with Gasteiger partial charge in [-0.2, -0.15) is 11.2 Å². The van der Waals surface area contributed by atoms with Gasteiger partial charge in [0.1, 0.15) is 7.55 Å². The summed E-state index contributed by atoms with van der Waals surface area (Å²) in [7, 11) is -0.450. The lowest BCUT2D eigenvalue weighted by molar-refractivity contribution is 1.11. The van der Waals surface area contributed by atoms with Gasteiger partial charge < -0.3 is 4.40 Å². The van der Waals surface area contributed by atoms with Gasteiger partial charge in [0, 0.05) is 16.7 Å². The van der Waals surface area contributed by atoms with E-state index in [0.29, 0.717) is 0 Å². The van der Waals surface area contributed by atoms with Crippen molar-refractivity contribution in [3.63, 3.8) is 0 Å². The Kier molecular flexibility index (Phi) is 2.11. The standard InChI is InChI=1S/C12H13NSSi/c1-9-6-10-7-15(14-2)8-13(10)12-5-3-4-11(9)12/h4-8H,3H2,1-2H3. The van der Waals surface area contributed by atoms with Crippen molar-refractivity contribution in [2.45, 2.75) is 13.3 Å². The summed E-state index contributed by atoms with van der Waals surface area (Å²) in [5.41, 5.74) is 5.24. The first-order valence-electron chi connectivity index (χ1n) is 5.16. The van der Waals surface area contributed by atoms with E-state index < -0.39 is 7.55 Å². The Balaban J connectivity index is 2.53. The zero-order valence-electron chi connectivity index (χ0n) is 8.95. The van der Waals surface area contributed by atoms with Gasteiger partial charge in [0.15, 0.2) is 0 Å². The fraction of sp³-hybridized carbons (Fsp3) is 0.250. The summed E-state index contributed by atoms with van der Waals surface area (Å²) in [6.45, 7) is 2.22. The minimum absolute atomic E-state index is 0.450. The highest BCUT2D eigenvalue weighted by molar-refractivity contribution is 8.23. The molecule has 0 spiro atoms. The van der Waals surface area contributed by atoms with Gasteiger partial charge in [-0.1, -0.05) is 12.2 Å². The second-order valence-corrected chi connectivity index (χ2v) is 8.34. The van der Waals surface area contributed by atoms with Crippen molar-refractivity contribution >= 4 is 36.4 Å². The van der Waals surface area contributed by atoms with Crippen LogP contribution >= 0.6 is 11.2 Å². The highest BCUT2D eigenvalue weighted by Crippen LogP contribution is 2.07. The van der Waals surface area contributed by atoms with Crippen LogP contribution in [0.1, 0.15) is 12.0 Å². The van der Waals surface area contributed by atoms with E-state index in [1.807, 2.05) is 11.2 Å². The van der Waals surface area contributed by atoms with Crippen molar-refractivity contribution in [2.75, 3.05) is 6.26 Å². The fourth-order valence-electron chi connectivity index (χ4n) is 2.28. The smallest absolute Gasteiger partial charge is 0.128 e. The molecule has 0 fully saturated rings. The first kappa shape index (κ1) is 9.42. The van der Waals surface area contributed by atoms with Crippen LogP contribution in [0.15, 0.2) is 17.6 Å². The largest absolute Gasteiger partial charge is 0.321 e. The quantitative estimate of drug-likeness (QED) is 0.671. The lowest BCUT2D eigenvalue weighted by Crippen LogP contribution is -2.30. The molecule has 0 saturated heterocycles. The number of rotatable bonds is 1. The van der Waals surface area contributed by atoms with Crippen LogP contribution in [-0.2, 0) is 0 Å². The van der Waals surface area contributed by atoms with Crippen LogP contribution in [0.4, 0.5) is 0 Å². The van der Waals surface area contributed by atoms with Crippen LogP contribution in [0, 0.1) is 6.92 Å². The van der Waals surface area contributed by atoms with Gasteiger partial charge >= 0.3 is 0 Å². The maximum absolute atomic E-state index is 2.44. The average Bonchev–Trinajstić information content (AvgIpc) is 2.80. The molecule has 2 heterocycles. The summed E-state index contributed by atoms with van der Waals surface area (Å²) in [6, 6.07) is 2.32. The SMILES string of the molecule is CS[si]1cc2cc(C)c3c(n2c1)=CCC=3. The number of aromatic nitrogens is 1. The van der Waals surface area contributed by atoms with E-state index in [-0.39, 0.29) is 0 Å². The van der Waals surface area contributed by atoms with Gasteiger partial charge in [-0.05, 0) is 42.1 Å². The maximum atomic E-state index is 2.44. The third-order valence-electron chi connectivity index (χ3n) is 3.02. The second kappa shape index (κ2) is 3.35. The Labute approximate surface area is 94.3 Å². The molecule has 0 aromatic carbocycles. The van der Waals surface area contributed by atoms with Gasteiger partial charge in [-0.15, -0.1) is 0 Å². The molecule has 15 heavy (non-hydrogen) atoms. The Morgan fingerprint density at radius 1 is 1.40 bits per heavy atom. The van der Waals surface area contributed by atoms with Crippen LogP contribution < -0.4 is 10.6 Å². The number of pyridine rings is 1. The predicted molar refractivity (Wildman–Crippen MR) is 69.8 cm³/mol. The molecular formula is C12H13NSSi. The molecule has 3 rings (SSSR count). The van der Waals surface area contributed by atoms with Crippen LogP contribution in [0.3, 0.4) is 0 Å². The molecule has 2 aromatic heterocycles. The highest BCUT2D eigenvalue weighted by Gasteiger charge is 2.05. The minimum atomic E-state index is -0.450. The van der Waals surface area contributed by atoms with E-state index in [0.717, 1.165) is 6.42 Å². The molecule has 76 valence electrons. The van der Waals surface area contributed by atoms with E-state index >= 15 is 0 Å². The molecule has 0 amide bonds. The maximum Gasteiger partial charge on any atom is 0.128 e. The van der Waals surface area contributed by atoms with Gasteiger partial charge in [-0.25, -0.2) is 0 Å². The van der Waals surface area contributed by atoms with Crippen molar-refractivity contribution in [1.82, 2.24) is 4.40 Å². The molecule has 0 bridgehead atoms. The van der Waals surface area contributed by atoms with E-state index in [9.17, 15) is 0 Å². The summed E-state index contributed by atoms with van der Waals surface area (Å²) in [6.07, 6.45) is 7.96. The van der Waals surface area contributed by atoms with Crippen molar-refractivity contribution in [3.8, 4) is 0 Å². The molecule has 1 nitrogen and oxygen atoms in total. The van der Waals surface area contributed by atoms with Crippen LogP contribution in [0.5, 0.6) is 0 Å². The van der Waals surface area contributed by atoms with Crippen LogP contribution in [0.25, 0.3) is 17.7 Å². The van der Waals surface area contributed by atoms with E-state index in [2.05, 4.69) is 47.3 Å². The Bertz CT molecular complexity index is 654. The summed E-state index contributed by atoms with van der Waals surface area (Å²) >= 11 is 1.99. The van der Waals surface area contributed by atoms with Gasteiger partial charge in [0.05, 0.1) is 0 Å². The lowest BCUT2D eigenvalue weighted by Gasteiger charge is -1.99. The molecule has 0 saturated carbocycles. The van der Waals surface area contributed by atoms with Crippen molar-refractivity contribution < 1.29 is 0 Å². The lowest BCUT2D eigenvalue weighted by atomic mass is 10.2. The highest BCUT2D eigenvalue weighted by atomic mass is 32.4. The summed E-state index contributed by atoms with van der Waals surface area (Å²) in [5.74, 6) is 2.42. The second-order valence-electron chi connectivity index (χ2n) is 3.95. The van der Waals surface area contributed by atoms with E-state index in [4.69, 9.17) is 0 Å². The van der Waals surface area contributed by atoms with Crippen molar-refractivity contribution in [2.24, 2.45) is 0 Å². The summed E-state index contributed by atoms with van der Waals surface area (Å²) < 4.78 is 2.39. The number of nitrogens with zero attached hydrogens (tertiary/aromatic N) is 1. The third kappa shape index (κ3) is 1.34. The van der Waals surface area contributed by atoms with Gasteiger partial charge in [-0.3, -0.25) is 0 Å². The first-order valence-corrected chi connectivity index (χ1v) is 8.76. The Morgan fingerprint density at radius 2 is 2.27 bits per heavy atom. The normalized spacial score (nSPS) is 13.7. The molecule has 1 aliphatic rings. The molecule has 0 radical (unpaired) electrons. The third-order valence-corrected chi connectivity index (χ3v) is 6.67. The monoisotopic (exact) mass is 231 g/mol. The summed E-state index contributed by atoms with van der Waals surface area (Å²) in [4.78, 5) is 0. The Morgan fingerprint density at radius 3 is 3.07 bits per heavy atom. The van der Waals surface area contributed by atoms with E-state index in [1.54, 1.807) is 0 Å². The van der Waals surface area contributed by atoms with Gasteiger partial charge in [0.25, 0.3) is 0 Å². The van der Waals surface area contributed by atoms with Crippen LogP contribution in [-0.4, -0.2) is 18.2 Å². The number of aryl methyl sites for hydroxylation is 1. The number of hydrogen-bond acceptors (Lipinski definition) is 1. The summed E-state index contributed by atoms with van der Waals surface area (Å²) in [5, 5.41) is 2.85. The molecule has 2 aromatic rings. The first-order chi connectivity index (χ1) is 7.29. The van der Waals surface area contributed by atoms with Gasteiger partial charge in [0.2, 0.25) is 0 Å². The minimum Gasteiger partial charge on any atom is -0.321 e. The Hall–Kier alpha value is -0.803. The molecule has 0 atom stereocenters. The van der Waals surface area contributed by atoms with Crippen molar-refractivity contribution in [3.05, 3.63) is 33.7 Å². The van der Waals surface area contributed by atoms with Crippen molar-refractivity contribution in [1.29, 1.82) is 0 Å². The number of fused-ring (bicyclic) bond motifs is 3. The molecule has 0 unspecified atom stereocenters. The predicted octanol–water partition coefficient (Wildman–Crippen LogP) is 1.36. The molecular weight excluding hydrogens is 218 g/mol. The topological polar surface area (TPSA) is 4.41 Å². The molecule has 1 aliphatic carbocycles. The van der Waals surface area contributed by atoms with E-state index in [1.165, 1.54) is 21.6 Å².